The number of hydrogen-bond acceptors (Lipinski definition) is 7. The smallest absolute Gasteiger partial charge is 0.217 e. The minimum atomic E-state index is -1.67. The Bertz CT molecular complexity index is 1500. The Kier molecular flexibility index (Phi) is 7.91. The number of ether oxygens (including phenoxy) is 2. The van der Waals surface area contributed by atoms with Crippen molar-refractivity contribution in [2.24, 2.45) is 0 Å². The lowest BCUT2D eigenvalue weighted by Gasteiger charge is -2.38. The summed E-state index contributed by atoms with van der Waals surface area (Å²) < 4.78 is 27.1. The summed E-state index contributed by atoms with van der Waals surface area (Å²) in [5, 5.41) is 22.9. The third kappa shape index (κ3) is 5.03. The Labute approximate surface area is 222 Å². The second-order valence-electron chi connectivity index (χ2n) is 9.55. The number of methoxy groups -OCH3 is 2. The molecule has 8 heteroatoms. The van der Waals surface area contributed by atoms with Crippen LogP contribution in [0.25, 0.3) is 10.9 Å². The molecule has 0 aliphatic heterocycles. The molecule has 4 rings (SSSR count). The zero-order chi connectivity index (χ0) is 27.4. The molecule has 2 aromatic carbocycles. The molecule has 196 valence electrons. The molecule has 0 spiro atoms. The van der Waals surface area contributed by atoms with E-state index >= 15 is 4.39 Å². The lowest BCUT2D eigenvalue weighted by molar-refractivity contribution is -0.00181. The molecule has 38 heavy (non-hydrogen) atoms. The average Bonchev–Trinajstić information content (AvgIpc) is 2.92. The molecule has 0 radical (unpaired) electrons. The Morgan fingerprint density at radius 3 is 2.53 bits per heavy atom. The van der Waals surface area contributed by atoms with Gasteiger partial charge in [0.1, 0.15) is 5.60 Å². The number of halogens is 1. The first-order chi connectivity index (χ1) is 18.2. The van der Waals surface area contributed by atoms with Crippen molar-refractivity contribution in [2.75, 3.05) is 34.9 Å². The summed E-state index contributed by atoms with van der Waals surface area (Å²) in [7, 11) is 6.72. The SMILES string of the molecule is COc1cccc([C@H](c2cc3cc(C#N)ccc3nc2OC)[C@@](O)(CCN(C)C)c2ncccc2C)c1F. The summed E-state index contributed by atoms with van der Waals surface area (Å²) in [6, 6.07) is 17.6. The van der Waals surface area contributed by atoms with Gasteiger partial charge < -0.3 is 19.5 Å². The zero-order valence-electron chi connectivity index (χ0n) is 22.2. The molecule has 2 atom stereocenters. The van der Waals surface area contributed by atoms with Gasteiger partial charge >= 0.3 is 0 Å². The van der Waals surface area contributed by atoms with E-state index in [0.29, 0.717) is 34.3 Å². The Morgan fingerprint density at radius 2 is 1.87 bits per heavy atom. The molecule has 0 fully saturated rings. The highest BCUT2D eigenvalue weighted by atomic mass is 19.1. The lowest BCUT2D eigenvalue weighted by Crippen LogP contribution is -2.39. The van der Waals surface area contributed by atoms with E-state index in [9.17, 15) is 10.4 Å². The van der Waals surface area contributed by atoms with E-state index in [-0.39, 0.29) is 23.6 Å². The van der Waals surface area contributed by atoms with Gasteiger partial charge in [-0.15, -0.1) is 0 Å². The topological polar surface area (TPSA) is 91.5 Å². The molecule has 2 aromatic heterocycles. The van der Waals surface area contributed by atoms with Gasteiger partial charge in [0, 0.05) is 29.3 Å². The minimum absolute atomic E-state index is 0.0553. The van der Waals surface area contributed by atoms with Crippen LogP contribution >= 0.6 is 0 Å². The molecule has 0 aliphatic carbocycles. The molecule has 1 N–H and O–H groups in total. The lowest BCUT2D eigenvalue weighted by atomic mass is 9.72. The predicted octanol–water partition coefficient (Wildman–Crippen LogP) is 4.94. The van der Waals surface area contributed by atoms with E-state index in [1.165, 1.54) is 20.3 Å². The normalized spacial score (nSPS) is 13.7. The van der Waals surface area contributed by atoms with Gasteiger partial charge in [-0.05, 0) is 69.4 Å². The summed E-state index contributed by atoms with van der Waals surface area (Å²) in [4.78, 5) is 11.2. The second kappa shape index (κ2) is 11.1. The van der Waals surface area contributed by atoms with E-state index in [0.717, 1.165) is 5.56 Å². The van der Waals surface area contributed by atoms with Gasteiger partial charge in [-0.1, -0.05) is 18.2 Å². The maximum atomic E-state index is 16.1. The molecular weight excluding hydrogens is 483 g/mol. The van der Waals surface area contributed by atoms with Crippen LogP contribution in [-0.2, 0) is 5.60 Å². The number of aryl methyl sites for hydroxylation is 1. The summed E-state index contributed by atoms with van der Waals surface area (Å²) in [6.45, 7) is 2.37. The van der Waals surface area contributed by atoms with E-state index in [4.69, 9.17) is 9.47 Å². The largest absolute Gasteiger partial charge is 0.494 e. The molecule has 2 heterocycles. The number of nitrogens with zero attached hydrogens (tertiary/aromatic N) is 4. The van der Waals surface area contributed by atoms with Crippen LogP contribution in [0.4, 0.5) is 4.39 Å². The minimum Gasteiger partial charge on any atom is -0.494 e. The number of pyridine rings is 2. The van der Waals surface area contributed by atoms with Crippen molar-refractivity contribution in [3.05, 3.63) is 94.6 Å². The zero-order valence-corrected chi connectivity index (χ0v) is 22.2. The van der Waals surface area contributed by atoms with E-state index in [2.05, 4.69) is 16.0 Å². The highest BCUT2D eigenvalue weighted by Gasteiger charge is 2.45. The number of fused-ring (bicyclic) bond motifs is 1. The van der Waals surface area contributed by atoms with Crippen LogP contribution in [0.3, 0.4) is 0 Å². The van der Waals surface area contributed by atoms with Crippen LogP contribution in [0.5, 0.6) is 11.6 Å². The molecule has 0 aliphatic rings. The fraction of sp³-hybridized carbons (Fsp3) is 0.300. The van der Waals surface area contributed by atoms with Crippen molar-refractivity contribution >= 4 is 10.9 Å². The van der Waals surface area contributed by atoms with Crippen molar-refractivity contribution in [1.82, 2.24) is 14.9 Å². The average molecular weight is 515 g/mol. The molecule has 7 nitrogen and oxygen atoms in total. The molecular formula is C30H31FN4O3. The van der Waals surface area contributed by atoms with Crippen LogP contribution in [0.2, 0.25) is 0 Å². The van der Waals surface area contributed by atoms with Gasteiger partial charge in [-0.3, -0.25) is 4.98 Å². The van der Waals surface area contributed by atoms with Crippen molar-refractivity contribution in [1.29, 1.82) is 5.26 Å². The van der Waals surface area contributed by atoms with Crippen LogP contribution in [-0.4, -0.2) is 54.8 Å². The summed E-state index contributed by atoms with van der Waals surface area (Å²) >= 11 is 0. The first kappa shape index (κ1) is 27.0. The molecule has 0 bridgehead atoms. The standard InChI is InChI=1S/C30H31FN4O3/c1-19-8-7-14-33-28(19)30(36,13-15-35(2)3)26(22-9-6-10-25(37-4)27(22)31)23-17-21-16-20(18-32)11-12-24(21)34-29(23)38-5/h6-12,14,16-17,26,36H,13,15H2,1-5H3/t26-,30+/m1/s1. The summed E-state index contributed by atoms with van der Waals surface area (Å²) in [5.74, 6) is -1.28. The van der Waals surface area contributed by atoms with Gasteiger partial charge in [0.15, 0.2) is 11.6 Å². The molecule has 0 unspecified atom stereocenters. The van der Waals surface area contributed by atoms with E-state index < -0.39 is 17.3 Å². The molecule has 0 saturated carbocycles. The summed E-state index contributed by atoms with van der Waals surface area (Å²) in [6.07, 6.45) is 1.86. The molecule has 0 saturated heterocycles. The molecule has 4 aromatic rings. The van der Waals surface area contributed by atoms with Crippen LogP contribution in [0.1, 0.15) is 40.3 Å². The Balaban J connectivity index is 2.11. The number of aromatic nitrogens is 2. The molecule has 0 amide bonds. The van der Waals surface area contributed by atoms with Crippen molar-refractivity contribution < 1.29 is 19.0 Å². The highest BCUT2D eigenvalue weighted by Crippen LogP contribution is 2.49. The second-order valence-corrected chi connectivity index (χ2v) is 9.55. The maximum absolute atomic E-state index is 16.1. The highest BCUT2D eigenvalue weighted by molar-refractivity contribution is 5.82. The fourth-order valence-corrected chi connectivity index (χ4v) is 4.94. The fourth-order valence-electron chi connectivity index (χ4n) is 4.94. The first-order valence-electron chi connectivity index (χ1n) is 12.2. The van der Waals surface area contributed by atoms with Gasteiger partial charge in [0.05, 0.1) is 43.0 Å². The monoisotopic (exact) mass is 514 g/mol. The number of rotatable bonds is 9. The number of aliphatic hydroxyl groups is 1. The maximum Gasteiger partial charge on any atom is 0.217 e. The van der Waals surface area contributed by atoms with Crippen LogP contribution in [0.15, 0.2) is 60.8 Å². The predicted molar refractivity (Wildman–Crippen MR) is 144 cm³/mol. The Morgan fingerprint density at radius 1 is 1.08 bits per heavy atom. The summed E-state index contributed by atoms with van der Waals surface area (Å²) in [5.41, 5.74) is 1.28. The van der Waals surface area contributed by atoms with Crippen molar-refractivity contribution in [3.63, 3.8) is 0 Å². The number of hydrogen-bond donors (Lipinski definition) is 1. The first-order valence-corrected chi connectivity index (χ1v) is 12.2. The Hall–Kier alpha value is -4.06. The van der Waals surface area contributed by atoms with Crippen LogP contribution < -0.4 is 9.47 Å². The van der Waals surface area contributed by atoms with Gasteiger partial charge in [0.25, 0.3) is 0 Å². The van der Waals surface area contributed by atoms with Gasteiger partial charge in [-0.2, -0.15) is 5.26 Å². The van der Waals surface area contributed by atoms with E-state index in [1.807, 2.05) is 38.1 Å². The number of benzene rings is 2. The third-order valence-electron chi connectivity index (χ3n) is 6.80. The third-order valence-corrected chi connectivity index (χ3v) is 6.80. The van der Waals surface area contributed by atoms with Crippen molar-refractivity contribution in [3.8, 4) is 17.7 Å². The van der Waals surface area contributed by atoms with Crippen molar-refractivity contribution in [2.45, 2.75) is 24.9 Å². The quantitative estimate of drug-likeness (QED) is 0.338. The van der Waals surface area contributed by atoms with Gasteiger partial charge in [0.2, 0.25) is 5.88 Å². The number of nitriles is 1. The van der Waals surface area contributed by atoms with E-state index in [1.54, 1.807) is 42.6 Å². The van der Waals surface area contributed by atoms with Crippen LogP contribution in [0, 0.1) is 24.1 Å². The van der Waals surface area contributed by atoms with Gasteiger partial charge in [-0.25, -0.2) is 9.37 Å².